The molecule has 0 saturated carbocycles. The molecule has 2 aromatic carbocycles. The highest BCUT2D eigenvalue weighted by molar-refractivity contribution is 7.80. The Balaban J connectivity index is 2.08. The van der Waals surface area contributed by atoms with Crippen LogP contribution in [0.2, 0.25) is 0 Å². The molecule has 0 aliphatic heterocycles. The third kappa shape index (κ3) is 4.69. The number of carbonyl (C=O) groups excluding carboxylic acids is 1. The van der Waals surface area contributed by atoms with Crippen molar-refractivity contribution in [3.63, 3.8) is 0 Å². The van der Waals surface area contributed by atoms with E-state index in [0.717, 1.165) is 11.1 Å². The third-order valence-corrected chi connectivity index (χ3v) is 3.48. The number of carbonyl (C=O) groups is 1. The fourth-order valence-electron chi connectivity index (χ4n) is 1.95. The molecule has 1 unspecified atom stereocenters. The van der Waals surface area contributed by atoms with E-state index in [0.29, 0.717) is 10.9 Å². The lowest BCUT2D eigenvalue weighted by molar-refractivity contribution is -0.127. The molecule has 0 fully saturated rings. The Bertz CT molecular complexity index is 677. The Morgan fingerprint density at radius 2 is 1.70 bits per heavy atom. The second-order valence-electron chi connectivity index (χ2n) is 4.82. The molecule has 0 aromatic heterocycles. The van der Waals surface area contributed by atoms with Crippen LogP contribution in [-0.4, -0.2) is 24.2 Å². The van der Waals surface area contributed by atoms with Crippen LogP contribution in [-0.2, 0) is 4.79 Å². The molecule has 0 saturated heterocycles. The summed E-state index contributed by atoms with van der Waals surface area (Å²) in [5.74, 6) is 0.336. The lowest BCUT2D eigenvalue weighted by atomic mass is 10.0. The SMILES string of the molecule is CNC(=S)NNC(=O)C(C)Oc1ccccc1-c1ccccc1. The minimum Gasteiger partial charge on any atom is -0.480 e. The van der Waals surface area contributed by atoms with Gasteiger partial charge >= 0.3 is 0 Å². The smallest absolute Gasteiger partial charge is 0.279 e. The van der Waals surface area contributed by atoms with Crippen LogP contribution in [0.15, 0.2) is 54.6 Å². The van der Waals surface area contributed by atoms with Crippen LogP contribution in [0.3, 0.4) is 0 Å². The Morgan fingerprint density at radius 1 is 1.04 bits per heavy atom. The highest BCUT2D eigenvalue weighted by Crippen LogP contribution is 2.30. The minimum atomic E-state index is -0.674. The number of amides is 1. The molecule has 0 radical (unpaired) electrons. The van der Waals surface area contributed by atoms with Crippen molar-refractivity contribution >= 4 is 23.2 Å². The van der Waals surface area contributed by atoms with E-state index in [1.54, 1.807) is 14.0 Å². The normalized spacial score (nSPS) is 11.2. The third-order valence-electron chi connectivity index (χ3n) is 3.17. The molecule has 0 aliphatic carbocycles. The monoisotopic (exact) mass is 329 g/mol. The fraction of sp³-hybridized carbons (Fsp3) is 0.176. The standard InChI is InChI=1S/C17H19N3O2S/c1-12(16(21)19-20-17(23)18-2)22-15-11-7-6-10-14(15)13-8-4-3-5-9-13/h3-12H,1-2H3,(H,19,21)(H2,18,20,23). The summed E-state index contributed by atoms with van der Waals surface area (Å²) >= 11 is 4.90. The van der Waals surface area contributed by atoms with Gasteiger partial charge in [0.2, 0.25) is 0 Å². The van der Waals surface area contributed by atoms with Gasteiger partial charge in [0.05, 0.1) is 0 Å². The maximum absolute atomic E-state index is 12.0. The number of thiocarbonyl (C=S) groups is 1. The van der Waals surface area contributed by atoms with Crippen LogP contribution in [0.4, 0.5) is 0 Å². The quantitative estimate of drug-likeness (QED) is 0.593. The predicted molar refractivity (Wildman–Crippen MR) is 94.9 cm³/mol. The fourth-order valence-corrected chi connectivity index (χ4v) is 2.00. The molecule has 1 atom stereocenters. The van der Waals surface area contributed by atoms with Gasteiger partial charge in [0.1, 0.15) is 5.75 Å². The average Bonchev–Trinajstić information content (AvgIpc) is 2.60. The molecule has 120 valence electrons. The molecule has 6 heteroatoms. The summed E-state index contributed by atoms with van der Waals surface area (Å²) in [4.78, 5) is 12.0. The molecular weight excluding hydrogens is 310 g/mol. The van der Waals surface area contributed by atoms with E-state index in [2.05, 4.69) is 16.2 Å². The number of hydrazine groups is 1. The van der Waals surface area contributed by atoms with Crippen LogP contribution in [0.1, 0.15) is 6.92 Å². The molecule has 2 rings (SSSR count). The molecule has 23 heavy (non-hydrogen) atoms. The average molecular weight is 329 g/mol. The molecule has 0 bridgehead atoms. The highest BCUT2D eigenvalue weighted by atomic mass is 32.1. The van der Waals surface area contributed by atoms with Gasteiger partial charge in [-0.2, -0.15) is 0 Å². The molecule has 0 spiro atoms. The van der Waals surface area contributed by atoms with E-state index in [1.165, 1.54) is 0 Å². The summed E-state index contributed by atoms with van der Waals surface area (Å²) in [6, 6.07) is 17.5. The van der Waals surface area contributed by atoms with E-state index >= 15 is 0 Å². The molecule has 3 N–H and O–H groups in total. The number of hydrogen-bond donors (Lipinski definition) is 3. The number of rotatable bonds is 4. The first-order chi connectivity index (χ1) is 11.1. The largest absolute Gasteiger partial charge is 0.480 e. The van der Waals surface area contributed by atoms with Crippen molar-refractivity contribution in [1.82, 2.24) is 16.2 Å². The van der Waals surface area contributed by atoms with Crippen molar-refractivity contribution in [2.45, 2.75) is 13.0 Å². The summed E-state index contributed by atoms with van der Waals surface area (Å²) < 4.78 is 5.81. The maximum Gasteiger partial charge on any atom is 0.279 e. The zero-order valence-corrected chi connectivity index (χ0v) is 13.8. The van der Waals surface area contributed by atoms with E-state index in [-0.39, 0.29) is 5.91 Å². The molecular formula is C17H19N3O2S. The first kappa shape index (κ1) is 16.8. The molecule has 0 heterocycles. The Morgan fingerprint density at radius 3 is 2.39 bits per heavy atom. The summed E-state index contributed by atoms with van der Waals surface area (Å²) in [6.07, 6.45) is -0.674. The van der Waals surface area contributed by atoms with Gasteiger partial charge in [0.15, 0.2) is 11.2 Å². The summed E-state index contributed by atoms with van der Waals surface area (Å²) in [7, 11) is 1.66. The van der Waals surface area contributed by atoms with Crippen LogP contribution in [0, 0.1) is 0 Å². The first-order valence-electron chi connectivity index (χ1n) is 7.20. The van der Waals surface area contributed by atoms with Gasteiger partial charge in [-0.15, -0.1) is 0 Å². The second-order valence-corrected chi connectivity index (χ2v) is 5.22. The van der Waals surface area contributed by atoms with Crippen molar-refractivity contribution in [1.29, 1.82) is 0 Å². The molecule has 5 nitrogen and oxygen atoms in total. The number of benzene rings is 2. The van der Waals surface area contributed by atoms with Crippen molar-refractivity contribution in [2.24, 2.45) is 0 Å². The molecule has 1 amide bonds. The maximum atomic E-state index is 12.0. The van der Waals surface area contributed by atoms with Crippen LogP contribution in [0.25, 0.3) is 11.1 Å². The van der Waals surface area contributed by atoms with Gasteiger partial charge in [0, 0.05) is 12.6 Å². The zero-order chi connectivity index (χ0) is 16.7. The molecule has 0 aliphatic rings. The van der Waals surface area contributed by atoms with Crippen molar-refractivity contribution in [2.75, 3.05) is 7.05 Å². The van der Waals surface area contributed by atoms with Gasteiger partial charge in [-0.1, -0.05) is 48.5 Å². The van der Waals surface area contributed by atoms with Crippen LogP contribution < -0.4 is 20.9 Å². The first-order valence-corrected chi connectivity index (χ1v) is 7.61. The van der Waals surface area contributed by atoms with Crippen LogP contribution in [0.5, 0.6) is 5.75 Å². The summed E-state index contributed by atoms with van der Waals surface area (Å²) in [6.45, 7) is 1.68. The highest BCUT2D eigenvalue weighted by Gasteiger charge is 2.16. The van der Waals surface area contributed by atoms with Crippen molar-refractivity contribution in [3.8, 4) is 16.9 Å². The van der Waals surface area contributed by atoms with E-state index in [1.807, 2.05) is 54.6 Å². The minimum absolute atomic E-state index is 0.314. The topological polar surface area (TPSA) is 62.4 Å². The Hall–Kier alpha value is -2.60. The number of hydrogen-bond acceptors (Lipinski definition) is 3. The summed E-state index contributed by atoms with van der Waals surface area (Å²) in [5, 5.41) is 3.03. The number of nitrogens with one attached hydrogen (secondary N) is 3. The number of ether oxygens (including phenoxy) is 1. The van der Waals surface area contributed by atoms with Gasteiger partial charge in [-0.3, -0.25) is 15.6 Å². The Labute approximate surface area is 141 Å². The van der Waals surface area contributed by atoms with Gasteiger partial charge in [0.25, 0.3) is 5.91 Å². The second kappa shape index (κ2) is 8.14. The van der Waals surface area contributed by atoms with E-state index < -0.39 is 6.10 Å². The van der Waals surface area contributed by atoms with Crippen molar-refractivity contribution in [3.05, 3.63) is 54.6 Å². The zero-order valence-electron chi connectivity index (χ0n) is 13.0. The van der Waals surface area contributed by atoms with Gasteiger partial charge < -0.3 is 10.1 Å². The Kier molecular flexibility index (Phi) is 5.94. The predicted octanol–water partition coefficient (Wildman–Crippen LogP) is 2.25. The molecule has 2 aromatic rings. The van der Waals surface area contributed by atoms with Gasteiger partial charge in [-0.05, 0) is 30.8 Å². The lowest BCUT2D eigenvalue weighted by Crippen LogP contribution is -2.49. The summed E-state index contributed by atoms with van der Waals surface area (Å²) in [5.41, 5.74) is 7.05. The van der Waals surface area contributed by atoms with E-state index in [4.69, 9.17) is 17.0 Å². The van der Waals surface area contributed by atoms with Crippen molar-refractivity contribution < 1.29 is 9.53 Å². The van der Waals surface area contributed by atoms with E-state index in [9.17, 15) is 4.79 Å². The number of para-hydroxylation sites is 1. The van der Waals surface area contributed by atoms with Gasteiger partial charge in [-0.25, -0.2) is 0 Å². The lowest BCUT2D eigenvalue weighted by Gasteiger charge is -2.18. The van der Waals surface area contributed by atoms with Crippen LogP contribution >= 0.6 is 12.2 Å².